The van der Waals surface area contributed by atoms with Gasteiger partial charge in [0.25, 0.3) is 0 Å². The summed E-state index contributed by atoms with van der Waals surface area (Å²) < 4.78 is 0. The maximum atomic E-state index is 11.3. The van der Waals surface area contributed by atoms with Gasteiger partial charge in [-0.25, -0.2) is 0 Å². The van der Waals surface area contributed by atoms with Crippen molar-refractivity contribution in [3.05, 3.63) is 29.6 Å². The molecular weight excluding hydrogens is 190 g/mol. The first-order chi connectivity index (χ1) is 7.15. The molecule has 0 amide bonds. The Bertz CT molecular complexity index is 379. The van der Waals surface area contributed by atoms with Gasteiger partial charge in [0.1, 0.15) is 11.6 Å². The summed E-state index contributed by atoms with van der Waals surface area (Å²) in [7, 11) is 0. The number of carbonyl (C=O) groups excluding carboxylic acids is 2. The number of hydrogen-bond donors (Lipinski definition) is 0. The van der Waals surface area contributed by atoms with Gasteiger partial charge >= 0.3 is 0 Å². The summed E-state index contributed by atoms with van der Waals surface area (Å²) >= 11 is 0. The number of Topliss-reactive ketones (excluding diaryl/α,β-unsaturated/α-hetero) is 2. The monoisotopic (exact) mass is 203 g/mol. The molecule has 1 aliphatic carbocycles. The number of ketones is 2. The average molecular weight is 203 g/mol. The fourth-order valence-electron chi connectivity index (χ4n) is 1.94. The van der Waals surface area contributed by atoms with Gasteiger partial charge in [0.05, 0.1) is 6.42 Å². The first-order valence-corrected chi connectivity index (χ1v) is 5.11. The number of carbonyl (C=O) groups is 2. The van der Waals surface area contributed by atoms with Gasteiger partial charge in [-0.2, -0.15) is 0 Å². The number of aromatic nitrogens is 1. The lowest BCUT2D eigenvalue weighted by Gasteiger charge is -2.19. The van der Waals surface area contributed by atoms with Crippen molar-refractivity contribution in [1.82, 2.24) is 4.98 Å². The van der Waals surface area contributed by atoms with Gasteiger partial charge in [-0.3, -0.25) is 14.6 Å². The van der Waals surface area contributed by atoms with Crippen LogP contribution in [0.3, 0.4) is 0 Å². The molecule has 78 valence electrons. The highest BCUT2D eigenvalue weighted by Gasteiger charge is 2.26. The topological polar surface area (TPSA) is 47.0 Å². The highest BCUT2D eigenvalue weighted by Crippen LogP contribution is 2.28. The highest BCUT2D eigenvalue weighted by atomic mass is 16.1. The number of aryl methyl sites for hydroxylation is 1. The molecule has 0 saturated heterocycles. The van der Waals surface area contributed by atoms with Crippen LogP contribution in [0.5, 0.6) is 0 Å². The van der Waals surface area contributed by atoms with E-state index in [4.69, 9.17) is 0 Å². The Hall–Kier alpha value is -1.51. The Morgan fingerprint density at radius 3 is 2.40 bits per heavy atom. The summed E-state index contributed by atoms with van der Waals surface area (Å²) in [5.41, 5.74) is 1.95. The fraction of sp³-hybridized carbons (Fsp3) is 0.417. The van der Waals surface area contributed by atoms with Crippen molar-refractivity contribution >= 4 is 11.6 Å². The van der Waals surface area contributed by atoms with Crippen LogP contribution in [-0.2, 0) is 9.59 Å². The zero-order valence-electron chi connectivity index (χ0n) is 8.69. The van der Waals surface area contributed by atoms with Crippen LogP contribution in [0.25, 0.3) is 0 Å². The van der Waals surface area contributed by atoms with E-state index in [1.165, 1.54) is 0 Å². The minimum Gasteiger partial charge on any atom is -0.299 e. The van der Waals surface area contributed by atoms with Crippen LogP contribution in [0.2, 0.25) is 0 Å². The van der Waals surface area contributed by atoms with E-state index >= 15 is 0 Å². The van der Waals surface area contributed by atoms with Crippen LogP contribution in [0, 0.1) is 6.92 Å². The van der Waals surface area contributed by atoms with Gasteiger partial charge in [0.2, 0.25) is 0 Å². The van der Waals surface area contributed by atoms with E-state index in [1.54, 1.807) is 6.20 Å². The molecule has 2 rings (SSSR count). The van der Waals surface area contributed by atoms with Gasteiger partial charge in [-0.1, -0.05) is 6.07 Å². The number of nitrogens with zero attached hydrogens (tertiary/aromatic N) is 1. The normalized spacial score (nSPS) is 18.2. The lowest BCUT2D eigenvalue weighted by molar-refractivity contribution is -0.130. The molecule has 1 saturated carbocycles. The molecule has 1 aliphatic rings. The molecule has 1 fully saturated rings. The lowest BCUT2D eigenvalue weighted by Crippen LogP contribution is -2.21. The Morgan fingerprint density at radius 2 is 1.87 bits per heavy atom. The van der Waals surface area contributed by atoms with Crippen molar-refractivity contribution in [2.45, 2.75) is 32.1 Å². The maximum Gasteiger partial charge on any atom is 0.140 e. The van der Waals surface area contributed by atoms with Gasteiger partial charge < -0.3 is 0 Å². The second kappa shape index (κ2) is 3.93. The van der Waals surface area contributed by atoms with Crippen LogP contribution in [0.15, 0.2) is 18.3 Å². The first kappa shape index (κ1) is 10.0. The molecular formula is C12H13NO2. The SMILES string of the molecule is Cc1ccc(C2CC(=O)CC(=O)C2)cn1. The van der Waals surface area contributed by atoms with Gasteiger partial charge in [0, 0.05) is 24.7 Å². The molecule has 1 aromatic rings. The summed E-state index contributed by atoms with van der Waals surface area (Å²) in [4.78, 5) is 26.7. The van der Waals surface area contributed by atoms with Crippen LogP contribution >= 0.6 is 0 Å². The average Bonchev–Trinajstić information content (AvgIpc) is 2.17. The Morgan fingerprint density at radius 1 is 1.20 bits per heavy atom. The molecule has 0 unspecified atom stereocenters. The second-order valence-corrected chi connectivity index (χ2v) is 4.09. The van der Waals surface area contributed by atoms with E-state index in [0.29, 0.717) is 12.8 Å². The Balaban J connectivity index is 2.19. The molecule has 0 aliphatic heterocycles. The van der Waals surface area contributed by atoms with Crippen molar-refractivity contribution in [3.63, 3.8) is 0 Å². The smallest absolute Gasteiger partial charge is 0.140 e. The molecule has 0 bridgehead atoms. The van der Waals surface area contributed by atoms with Crippen molar-refractivity contribution < 1.29 is 9.59 Å². The van der Waals surface area contributed by atoms with Crippen LogP contribution in [-0.4, -0.2) is 16.6 Å². The van der Waals surface area contributed by atoms with Crippen molar-refractivity contribution in [2.75, 3.05) is 0 Å². The predicted octanol–water partition coefficient (Wildman–Crippen LogP) is 1.80. The summed E-state index contributed by atoms with van der Waals surface area (Å²) in [6.45, 7) is 1.92. The van der Waals surface area contributed by atoms with Gasteiger partial charge in [-0.15, -0.1) is 0 Å². The van der Waals surface area contributed by atoms with Crippen molar-refractivity contribution in [1.29, 1.82) is 0 Å². The molecule has 0 radical (unpaired) electrons. The summed E-state index contributed by atoms with van der Waals surface area (Å²) in [5, 5.41) is 0. The third kappa shape index (κ3) is 2.29. The zero-order valence-corrected chi connectivity index (χ0v) is 8.69. The molecule has 15 heavy (non-hydrogen) atoms. The molecule has 3 nitrogen and oxygen atoms in total. The van der Waals surface area contributed by atoms with E-state index in [9.17, 15) is 9.59 Å². The lowest BCUT2D eigenvalue weighted by atomic mass is 9.83. The molecule has 0 N–H and O–H groups in total. The minimum atomic E-state index is 0.0480. The van der Waals surface area contributed by atoms with Crippen molar-refractivity contribution in [2.24, 2.45) is 0 Å². The minimum absolute atomic E-state index is 0.0480. The summed E-state index contributed by atoms with van der Waals surface area (Å²) in [5.74, 6) is 0.153. The third-order valence-corrected chi connectivity index (χ3v) is 2.75. The van der Waals surface area contributed by atoms with Gasteiger partial charge in [0.15, 0.2) is 0 Å². The van der Waals surface area contributed by atoms with E-state index in [0.717, 1.165) is 11.3 Å². The number of rotatable bonds is 1. The van der Waals surface area contributed by atoms with Crippen LogP contribution in [0.1, 0.15) is 36.4 Å². The van der Waals surface area contributed by atoms with E-state index in [1.807, 2.05) is 19.1 Å². The standard InChI is InChI=1S/C12H13NO2/c1-8-2-3-9(7-13-8)10-4-11(14)6-12(15)5-10/h2-3,7,10H,4-6H2,1H3. The van der Waals surface area contributed by atoms with E-state index in [2.05, 4.69) is 4.98 Å². The molecule has 0 atom stereocenters. The largest absolute Gasteiger partial charge is 0.299 e. The number of hydrogen-bond acceptors (Lipinski definition) is 3. The molecule has 3 heteroatoms. The van der Waals surface area contributed by atoms with Crippen LogP contribution in [0.4, 0.5) is 0 Å². The van der Waals surface area contributed by atoms with Crippen molar-refractivity contribution in [3.8, 4) is 0 Å². The number of pyridine rings is 1. The van der Waals surface area contributed by atoms with Gasteiger partial charge in [-0.05, 0) is 24.5 Å². The fourth-order valence-corrected chi connectivity index (χ4v) is 1.94. The predicted molar refractivity (Wildman–Crippen MR) is 55.6 cm³/mol. The molecule has 0 spiro atoms. The molecule has 1 aromatic heterocycles. The van der Waals surface area contributed by atoms with E-state index < -0.39 is 0 Å². The third-order valence-electron chi connectivity index (χ3n) is 2.75. The quantitative estimate of drug-likeness (QED) is 0.654. The highest BCUT2D eigenvalue weighted by molar-refractivity contribution is 6.02. The Labute approximate surface area is 88.5 Å². The second-order valence-electron chi connectivity index (χ2n) is 4.09. The maximum absolute atomic E-state index is 11.3. The van der Waals surface area contributed by atoms with Crippen LogP contribution < -0.4 is 0 Å². The van der Waals surface area contributed by atoms with E-state index in [-0.39, 0.29) is 23.9 Å². The summed E-state index contributed by atoms with van der Waals surface area (Å²) in [6.07, 6.45) is 2.86. The Kier molecular flexibility index (Phi) is 2.62. The molecule has 1 heterocycles. The molecule has 0 aromatic carbocycles. The summed E-state index contributed by atoms with van der Waals surface area (Å²) in [6, 6.07) is 3.87. The zero-order chi connectivity index (χ0) is 10.8. The first-order valence-electron chi connectivity index (χ1n) is 5.11.